The fraction of sp³-hybridized carbons (Fsp3) is 1.00. The molecule has 0 aromatic heterocycles. The Hall–Kier alpha value is -0.0900. The first-order valence-electron chi connectivity index (χ1n) is 3.31. The molecule has 0 aliphatic carbocycles. The van der Waals surface area contributed by atoms with E-state index >= 15 is 0 Å². The molecule has 4 heteroatoms. The van der Waals surface area contributed by atoms with Crippen LogP contribution >= 0.6 is 0 Å². The van der Waals surface area contributed by atoms with Gasteiger partial charge in [-0.15, -0.1) is 0 Å². The van der Waals surface area contributed by atoms with E-state index in [2.05, 4.69) is 5.32 Å². The molecular formula is C6H14NO2S. The summed E-state index contributed by atoms with van der Waals surface area (Å²) >= 11 is 0. The highest BCUT2D eigenvalue weighted by Crippen LogP contribution is 1.99. The summed E-state index contributed by atoms with van der Waals surface area (Å²) in [6.07, 6.45) is 0. The number of sulfone groups is 1. The molecule has 1 unspecified atom stereocenters. The Morgan fingerprint density at radius 2 is 2.00 bits per heavy atom. The van der Waals surface area contributed by atoms with Crippen LogP contribution in [0.3, 0.4) is 0 Å². The molecule has 0 aromatic carbocycles. The minimum atomic E-state index is -2.85. The van der Waals surface area contributed by atoms with E-state index < -0.39 is 9.84 Å². The number of hydrogen-bond acceptors (Lipinski definition) is 2. The molecule has 0 saturated carbocycles. The average molecular weight is 164 g/mol. The Morgan fingerprint density at radius 3 is 2.30 bits per heavy atom. The standard InChI is InChI=1S/C6H14NO2S/c1-4-10(8,9)6(2)5-7-3/h6H,4-5H2,1-3H3. The molecule has 0 N–H and O–H groups in total. The van der Waals surface area contributed by atoms with Crippen LogP contribution < -0.4 is 5.32 Å². The maximum atomic E-state index is 11.0. The minimum absolute atomic E-state index is 0.212. The second-order valence-electron chi connectivity index (χ2n) is 2.26. The van der Waals surface area contributed by atoms with E-state index in [0.717, 1.165) is 0 Å². The van der Waals surface area contributed by atoms with Crippen LogP contribution in [-0.4, -0.2) is 33.0 Å². The molecule has 0 rings (SSSR count). The van der Waals surface area contributed by atoms with E-state index in [-0.39, 0.29) is 11.0 Å². The van der Waals surface area contributed by atoms with Crippen molar-refractivity contribution >= 4 is 9.84 Å². The van der Waals surface area contributed by atoms with E-state index in [1.807, 2.05) is 0 Å². The Balaban J connectivity index is 4.06. The van der Waals surface area contributed by atoms with E-state index in [1.165, 1.54) is 0 Å². The van der Waals surface area contributed by atoms with Crippen molar-refractivity contribution in [2.45, 2.75) is 19.1 Å². The van der Waals surface area contributed by atoms with Gasteiger partial charge < -0.3 is 0 Å². The third-order valence-corrected chi connectivity index (χ3v) is 3.64. The van der Waals surface area contributed by atoms with Crippen LogP contribution in [0.5, 0.6) is 0 Å². The van der Waals surface area contributed by atoms with Gasteiger partial charge in [0.25, 0.3) is 0 Å². The van der Waals surface area contributed by atoms with Crippen molar-refractivity contribution in [2.24, 2.45) is 0 Å². The normalized spacial score (nSPS) is 15.1. The van der Waals surface area contributed by atoms with Crippen molar-refractivity contribution in [3.63, 3.8) is 0 Å². The summed E-state index contributed by atoms with van der Waals surface area (Å²) in [5, 5.41) is 3.45. The van der Waals surface area contributed by atoms with Gasteiger partial charge in [-0.3, -0.25) is 0 Å². The number of hydrogen-bond donors (Lipinski definition) is 0. The summed E-state index contributed by atoms with van der Waals surface area (Å²) < 4.78 is 22.1. The lowest BCUT2D eigenvalue weighted by Crippen LogP contribution is -2.27. The molecule has 1 radical (unpaired) electrons. The lowest BCUT2D eigenvalue weighted by molar-refractivity contribution is 0.579. The van der Waals surface area contributed by atoms with E-state index in [1.54, 1.807) is 20.9 Å². The number of nitrogens with zero attached hydrogens (tertiary/aromatic N) is 1. The predicted molar refractivity (Wildman–Crippen MR) is 41.8 cm³/mol. The summed E-state index contributed by atoms with van der Waals surface area (Å²) in [4.78, 5) is 0. The van der Waals surface area contributed by atoms with Gasteiger partial charge in [-0.1, -0.05) is 6.92 Å². The van der Waals surface area contributed by atoms with Gasteiger partial charge in [0.2, 0.25) is 0 Å². The fourth-order valence-electron chi connectivity index (χ4n) is 0.655. The average Bonchev–Trinajstić information content (AvgIpc) is 1.89. The predicted octanol–water partition coefficient (Wildman–Crippen LogP) is 0.0438. The van der Waals surface area contributed by atoms with Gasteiger partial charge >= 0.3 is 0 Å². The molecule has 0 spiro atoms. The molecule has 0 fully saturated rings. The quantitative estimate of drug-likeness (QED) is 0.589. The molecule has 0 aromatic rings. The molecule has 1 atom stereocenters. The second-order valence-corrected chi connectivity index (χ2v) is 4.97. The third kappa shape index (κ3) is 2.66. The molecule has 0 heterocycles. The van der Waals surface area contributed by atoms with Crippen molar-refractivity contribution in [3.05, 3.63) is 0 Å². The summed E-state index contributed by atoms with van der Waals surface area (Å²) in [6, 6.07) is 0. The highest BCUT2D eigenvalue weighted by Gasteiger charge is 2.16. The van der Waals surface area contributed by atoms with Crippen molar-refractivity contribution in [1.29, 1.82) is 0 Å². The topological polar surface area (TPSA) is 48.2 Å². The zero-order chi connectivity index (χ0) is 8.20. The largest absolute Gasteiger partial charge is 0.244 e. The summed E-state index contributed by atoms with van der Waals surface area (Å²) in [7, 11) is -1.23. The highest BCUT2D eigenvalue weighted by molar-refractivity contribution is 7.92. The Labute approximate surface area is 62.7 Å². The van der Waals surface area contributed by atoms with Crippen LogP contribution in [0, 0.1) is 0 Å². The smallest absolute Gasteiger partial charge is 0.153 e. The Morgan fingerprint density at radius 1 is 1.50 bits per heavy atom. The van der Waals surface area contributed by atoms with Gasteiger partial charge in [0.15, 0.2) is 9.84 Å². The van der Waals surface area contributed by atoms with Crippen LogP contribution in [0.1, 0.15) is 13.8 Å². The van der Waals surface area contributed by atoms with E-state index in [0.29, 0.717) is 6.54 Å². The monoisotopic (exact) mass is 164 g/mol. The molecule has 0 aliphatic heterocycles. The first kappa shape index (κ1) is 9.91. The van der Waals surface area contributed by atoms with Crippen molar-refractivity contribution in [3.8, 4) is 0 Å². The summed E-state index contributed by atoms with van der Waals surface area (Å²) in [6.45, 7) is 3.75. The molecule has 0 aliphatic rings. The number of rotatable bonds is 4. The minimum Gasteiger partial charge on any atom is -0.244 e. The van der Waals surface area contributed by atoms with Crippen LogP contribution in [0.2, 0.25) is 0 Å². The van der Waals surface area contributed by atoms with Crippen LogP contribution in [0.25, 0.3) is 0 Å². The van der Waals surface area contributed by atoms with E-state index in [9.17, 15) is 8.42 Å². The molecule has 61 valence electrons. The summed E-state index contributed by atoms with van der Waals surface area (Å²) in [5.74, 6) is 0.212. The fourth-order valence-corrected chi connectivity index (χ4v) is 1.60. The lowest BCUT2D eigenvalue weighted by atomic mass is 10.5. The zero-order valence-corrected chi connectivity index (χ0v) is 7.48. The SMILES string of the molecule is CCS(=O)(=O)C(C)C[N]C. The molecule has 0 bridgehead atoms. The van der Waals surface area contributed by atoms with Crippen LogP contribution in [-0.2, 0) is 9.84 Å². The third-order valence-electron chi connectivity index (χ3n) is 1.46. The first-order chi connectivity index (χ1) is 4.54. The lowest BCUT2D eigenvalue weighted by Gasteiger charge is -2.08. The molecular weight excluding hydrogens is 150 g/mol. The van der Waals surface area contributed by atoms with Gasteiger partial charge in [-0.25, -0.2) is 13.7 Å². The van der Waals surface area contributed by atoms with Gasteiger partial charge in [0.1, 0.15) is 0 Å². The van der Waals surface area contributed by atoms with Crippen molar-refractivity contribution in [2.75, 3.05) is 19.3 Å². The zero-order valence-electron chi connectivity index (χ0n) is 6.66. The maximum absolute atomic E-state index is 11.0. The van der Waals surface area contributed by atoms with Gasteiger partial charge in [-0.2, -0.15) is 0 Å². The van der Waals surface area contributed by atoms with Crippen LogP contribution in [0.4, 0.5) is 0 Å². The molecule has 10 heavy (non-hydrogen) atoms. The van der Waals surface area contributed by atoms with Crippen molar-refractivity contribution < 1.29 is 8.42 Å². The Bertz CT molecular complexity index is 174. The van der Waals surface area contributed by atoms with Crippen molar-refractivity contribution in [1.82, 2.24) is 5.32 Å². The highest BCUT2D eigenvalue weighted by atomic mass is 32.2. The molecule has 0 amide bonds. The molecule has 3 nitrogen and oxygen atoms in total. The van der Waals surface area contributed by atoms with Gasteiger partial charge in [0.05, 0.1) is 5.25 Å². The first-order valence-corrected chi connectivity index (χ1v) is 5.03. The van der Waals surface area contributed by atoms with Gasteiger partial charge in [0, 0.05) is 19.3 Å². The second kappa shape index (κ2) is 3.93. The summed E-state index contributed by atoms with van der Waals surface area (Å²) in [5.41, 5.74) is 0. The van der Waals surface area contributed by atoms with Gasteiger partial charge in [-0.05, 0) is 6.92 Å². The molecule has 0 saturated heterocycles. The van der Waals surface area contributed by atoms with Crippen LogP contribution in [0.15, 0.2) is 0 Å². The van der Waals surface area contributed by atoms with E-state index in [4.69, 9.17) is 0 Å². The Kier molecular flexibility index (Phi) is 3.89. The maximum Gasteiger partial charge on any atom is 0.153 e.